The molecule has 0 aliphatic carbocycles. The summed E-state index contributed by atoms with van der Waals surface area (Å²) in [6, 6.07) is 9.57. The molecule has 1 heterocycles. The second-order valence-corrected chi connectivity index (χ2v) is 5.49. The third-order valence-corrected chi connectivity index (χ3v) is 3.81. The first-order valence-electron chi connectivity index (χ1n) is 5.86. The van der Waals surface area contributed by atoms with E-state index in [2.05, 4.69) is 31.5 Å². The third kappa shape index (κ3) is 2.50. The first-order valence-corrected chi connectivity index (χ1v) is 7.03. The Morgan fingerprint density at radius 2 is 2.05 bits per heavy atom. The highest BCUT2D eigenvalue weighted by atomic mass is 79.9. The third-order valence-electron chi connectivity index (χ3n) is 2.85. The minimum Gasteiger partial charge on any atom is -0.399 e. The van der Waals surface area contributed by atoms with Gasteiger partial charge in [-0.3, -0.25) is 0 Å². The van der Waals surface area contributed by atoms with Gasteiger partial charge in [0.1, 0.15) is 11.5 Å². The number of nitrogen functional groups attached to an aromatic ring is 1. The van der Waals surface area contributed by atoms with Crippen molar-refractivity contribution in [2.45, 2.75) is 0 Å². The van der Waals surface area contributed by atoms with Crippen LogP contribution in [0.15, 0.2) is 40.9 Å². The molecule has 3 rings (SSSR count). The van der Waals surface area contributed by atoms with E-state index in [0.717, 1.165) is 0 Å². The van der Waals surface area contributed by atoms with Crippen molar-refractivity contribution < 1.29 is 4.39 Å². The molecule has 0 atom stereocenters. The van der Waals surface area contributed by atoms with Gasteiger partial charge in [0.2, 0.25) is 0 Å². The zero-order valence-corrected chi connectivity index (χ0v) is 12.8. The summed E-state index contributed by atoms with van der Waals surface area (Å²) in [5.41, 5.74) is 6.97. The molecule has 5 nitrogen and oxygen atoms in total. The minimum absolute atomic E-state index is 0.213. The van der Waals surface area contributed by atoms with Crippen molar-refractivity contribution in [2.75, 3.05) is 5.73 Å². The molecule has 1 aromatic heterocycles. The number of tetrazole rings is 1. The summed E-state index contributed by atoms with van der Waals surface area (Å²) in [6.45, 7) is 0. The molecule has 0 aliphatic rings. The van der Waals surface area contributed by atoms with Gasteiger partial charge in [-0.25, -0.2) is 4.39 Å². The van der Waals surface area contributed by atoms with Gasteiger partial charge in [0, 0.05) is 15.7 Å². The van der Waals surface area contributed by atoms with Crippen molar-refractivity contribution in [3.8, 4) is 17.1 Å². The van der Waals surface area contributed by atoms with E-state index >= 15 is 0 Å². The maximum atomic E-state index is 14.1. The van der Waals surface area contributed by atoms with E-state index in [1.54, 1.807) is 30.3 Å². The second-order valence-electron chi connectivity index (χ2n) is 4.22. The number of benzene rings is 2. The molecule has 3 aromatic rings. The number of aromatic nitrogens is 4. The monoisotopic (exact) mass is 367 g/mol. The fourth-order valence-corrected chi connectivity index (χ4v) is 2.69. The number of nitrogens with two attached hydrogens (primary N) is 1. The Morgan fingerprint density at radius 3 is 2.76 bits per heavy atom. The summed E-state index contributed by atoms with van der Waals surface area (Å²) in [7, 11) is 0. The number of rotatable bonds is 2. The fraction of sp³-hybridized carbons (Fsp3) is 0. The van der Waals surface area contributed by atoms with Gasteiger partial charge in [-0.1, -0.05) is 17.7 Å². The molecule has 2 N–H and O–H groups in total. The molecule has 0 spiro atoms. The van der Waals surface area contributed by atoms with Crippen molar-refractivity contribution in [2.24, 2.45) is 0 Å². The van der Waals surface area contributed by atoms with E-state index in [0.29, 0.717) is 26.6 Å². The Balaban J connectivity index is 2.22. The van der Waals surface area contributed by atoms with Crippen LogP contribution in [0.1, 0.15) is 0 Å². The number of nitrogens with zero attached hydrogens (tertiary/aromatic N) is 4. The smallest absolute Gasteiger partial charge is 0.188 e. The topological polar surface area (TPSA) is 69.6 Å². The summed E-state index contributed by atoms with van der Waals surface area (Å²) < 4.78 is 15.9. The Labute approximate surface area is 132 Å². The van der Waals surface area contributed by atoms with Crippen molar-refractivity contribution >= 4 is 33.2 Å². The van der Waals surface area contributed by atoms with Gasteiger partial charge in [-0.05, 0) is 56.7 Å². The van der Waals surface area contributed by atoms with Crippen molar-refractivity contribution in [3.05, 3.63) is 51.7 Å². The summed E-state index contributed by atoms with van der Waals surface area (Å²) >= 11 is 9.46. The van der Waals surface area contributed by atoms with Crippen LogP contribution in [0.4, 0.5) is 10.1 Å². The minimum atomic E-state index is -0.454. The van der Waals surface area contributed by atoms with Crippen LogP contribution < -0.4 is 5.73 Å². The fourth-order valence-electron chi connectivity index (χ4n) is 1.91. The van der Waals surface area contributed by atoms with Gasteiger partial charge >= 0.3 is 0 Å². The molecule has 8 heteroatoms. The molecule has 106 valence electrons. The maximum absolute atomic E-state index is 14.1. The predicted molar refractivity (Wildman–Crippen MR) is 81.7 cm³/mol. The highest BCUT2D eigenvalue weighted by Crippen LogP contribution is 2.31. The lowest BCUT2D eigenvalue weighted by atomic mass is 10.2. The largest absolute Gasteiger partial charge is 0.399 e. The lowest BCUT2D eigenvalue weighted by Gasteiger charge is -2.09. The average Bonchev–Trinajstić information content (AvgIpc) is 2.87. The van der Waals surface area contributed by atoms with Gasteiger partial charge in [0.05, 0.1) is 5.02 Å². The van der Waals surface area contributed by atoms with Crippen LogP contribution in [0.3, 0.4) is 0 Å². The van der Waals surface area contributed by atoms with Gasteiger partial charge < -0.3 is 5.73 Å². The summed E-state index contributed by atoms with van der Waals surface area (Å²) in [6.07, 6.45) is 0. The number of anilines is 1. The standard InChI is InChI=1S/C13H8BrClFN5/c14-9-2-1-3-11(16)12(9)21-13(18-19-20-21)8-5-4-7(17)6-10(8)15/h1-6H,17H2. The zero-order chi connectivity index (χ0) is 15.0. The molecule has 2 aromatic carbocycles. The van der Waals surface area contributed by atoms with Crippen LogP contribution in [0.25, 0.3) is 17.1 Å². The zero-order valence-electron chi connectivity index (χ0n) is 10.5. The molecule has 0 saturated heterocycles. The molecule has 0 amide bonds. The lowest BCUT2D eigenvalue weighted by molar-refractivity contribution is 0.606. The highest BCUT2D eigenvalue weighted by Gasteiger charge is 2.18. The molecule has 0 radical (unpaired) electrons. The Morgan fingerprint density at radius 1 is 1.24 bits per heavy atom. The SMILES string of the molecule is Nc1ccc(-c2nnnn2-c2c(F)cccc2Br)c(Cl)c1. The molecule has 0 bridgehead atoms. The van der Waals surface area contributed by atoms with Crippen LogP contribution in [-0.4, -0.2) is 20.2 Å². The van der Waals surface area contributed by atoms with E-state index in [9.17, 15) is 4.39 Å². The van der Waals surface area contributed by atoms with Gasteiger partial charge in [0.25, 0.3) is 0 Å². The number of halogens is 3. The van der Waals surface area contributed by atoms with Gasteiger partial charge in [-0.2, -0.15) is 4.68 Å². The van der Waals surface area contributed by atoms with Gasteiger partial charge in [0.15, 0.2) is 5.82 Å². The van der Waals surface area contributed by atoms with Crippen molar-refractivity contribution in [1.29, 1.82) is 0 Å². The van der Waals surface area contributed by atoms with E-state index in [1.165, 1.54) is 10.7 Å². The van der Waals surface area contributed by atoms with E-state index in [-0.39, 0.29) is 5.69 Å². The van der Waals surface area contributed by atoms with Crippen molar-refractivity contribution in [1.82, 2.24) is 20.2 Å². The average molecular weight is 369 g/mol. The summed E-state index contributed by atoms with van der Waals surface area (Å²) in [5.74, 6) is -0.129. The predicted octanol–water partition coefficient (Wildman–Crippen LogP) is 3.47. The van der Waals surface area contributed by atoms with Gasteiger partial charge in [-0.15, -0.1) is 5.10 Å². The summed E-state index contributed by atoms with van der Waals surface area (Å²) in [5, 5.41) is 11.8. The lowest BCUT2D eigenvalue weighted by Crippen LogP contribution is -2.04. The molecular weight excluding hydrogens is 361 g/mol. The first-order chi connectivity index (χ1) is 10.1. The Kier molecular flexibility index (Phi) is 3.60. The molecule has 0 unspecified atom stereocenters. The molecular formula is C13H8BrClFN5. The molecule has 0 saturated carbocycles. The first kappa shape index (κ1) is 14.0. The normalized spacial score (nSPS) is 10.8. The van der Waals surface area contributed by atoms with Crippen molar-refractivity contribution in [3.63, 3.8) is 0 Å². The van der Waals surface area contributed by atoms with E-state index < -0.39 is 5.82 Å². The highest BCUT2D eigenvalue weighted by molar-refractivity contribution is 9.10. The van der Waals surface area contributed by atoms with Crippen LogP contribution in [0.2, 0.25) is 5.02 Å². The Bertz CT molecular complexity index is 800. The second kappa shape index (κ2) is 5.42. The summed E-state index contributed by atoms with van der Waals surface area (Å²) in [4.78, 5) is 0. The molecule has 0 aliphatic heterocycles. The van der Waals surface area contributed by atoms with Crippen LogP contribution in [-0.2, 0) is 0 Å². The van der Waals surface area contributed by atoms with E-state index in [4.69, 9.17) is 17.3 Å². The molecule has 21 heavy (non-hydrogen) atoms. The number of para-hydroxylation sites is 1. The van der Waals surface area contributed by atoms with Crippen LogP contribution in [0, 0.1) is 5.82 Å². The molecule has 0 fully saturated rings. The quantitative estimate of drug-likeness (QED) is 0.703. The van der Waals surface area contributed by atoms with Crippen LogP contribution in [0.5, 0.6) is 0 Å². The van der Waals surface area contributed by atoms with E-state index in [1.807, 2.05) is 0 Å². The van der Waals surface area contributed by atoms with Crippen LogP contribution >= 0.6 is 27.5 Å². The maximum Gasteiger partial charge on any atom is 0.188 e. The number of hydrogen-bond donors (Lipinski definition) is 1. The Hall–Kier alpha value is -1.99. The number of hydrogen-bond acceptors (Lipinski definition) is 4.